The summed E-state index contributed by atoms with van der Waals surface area (Å²) in [7, 11) is 0. The van der Waals surface area contributed by atoms with Crippen molar-refractivity contribution < 1.29 is 22.6 Å². The zero-order valence-corrected chi connectivity index (χ0v) is 15.5. The molecule has 0 saturated carbocycles. The van der Waals surface area contributed by atoms with Gasteiger partial charge >= 0.3 is 0 Å². The normalized spacial score (nSPS) is 20.3. The van der Waals surface area contributed by atoms with Crippen molar-refractivity contribution in [2.24, 2.45) is 0 Å². The molecular formula is C22H23F3O2. The lowest BCUT2D eigenvalue weighted by molar-refractivity contribution is -0.164. The van der Waals surface area contributed by atoms with Gasteiger partial charge in [0.15, 0.2) is 17.9 Å². The standard InChI is InChI=1S/C22H23F3O2/c1-3-5-14-6-7-15(12-19(14)23)17-9-10-18(22(25)21(17)24)16-8-11-20(26-4-2)27-13-16/h3,5-7,9-10,12,16,20H,4,8,11,13H2,1-2H3/b5-3+. The van der Waals surface area contributed by atoms with Gasteiger partial charge in [0, 0.05) is 23.7 Å². The molecule has 0 aromatic heterocycles. The maximum Gasteiger partial charge on any atom is 0.166 e. The quantitative estimate of drug-likeness (QED) is 0.631. The van der Waals surface area contributed by atoms with Gasteiger partial charge in [-0.05, 0) is 43.9 Å². The van der Waals surface area contributed by atoms with Crippen LogP contribution in [0.2, 0.25) is 0 Å². The van der Waals surface area contributed by atoms with Gasteiger partial charge in [0.1, 0.15) is 5.82 Å². The molecule has 0 amide bonds. The molecule has 1 saturated heterocycles. The molecule has 1 aliphatic heterocycles. The average Bonchev–Trinajstić information content (AvgIpc) is 2.67. The van der Waals surface area contributed by atoms with Crippen LogP contribution in [0.5, 0.6) is 0 Å². The Labute approximate surface area is 157 Å². The van der Waals surface area contributed by atoms with Gasteiger partial charge in [-0.3, -0.25) is 0 Å². The fourth-order valence-electron chi connectivity index (χ4n) is 3.40. The lowest BCUT2D eigenvalue weighted by atomic mass is 9.90. The van der Waals surface area contributed by atoms with Crippen LogP contribution < -0.4 is 0 Å². The minimum absolute atomic E-state index is 0.0473. The molecule has 2 nitrogen and oxygen atoms in total. The van der Waals surface area contributed by atoms with Crippen molar-refractivity contribution in [3.63, 3.8) is 0 Å². The predicted octanol–water partition coefficient (Wildman–Crippen LogP) is 6.06. The zero-order chi connectivity index (χ0) is 19.4. The van der Waals surface area contributed by atoms with Crippen molar-refractivity contribution in [3.8, 4) is 11.1 Å². The largest absolute Gasteiger partial charge is 0.353 e. The van der Waals surface area contributed by atoms with Gasteiger partial charge in [0.25, 0.3) is 0 Å². The molecule has 0 aliphatic carbocycles. The van der Waals surface area contributed by atoms with E-state index in [9.17, 15) is 13.2 Å². The average molecular weight is 376 g/mol. The molecule has 2 aromatic carbocycles. The molecule has 2 atom stereocenters. The molecule has 0 radical (unpaired) electrons. The highest BCUT2D eigenvalue weighted by molar-refractivity contribution is 5.67. The first kappa shape index (κ1) is 19.6. The van der Waals surface area contributed by atoms with E-state index in [0.29, 0.717) is 30.6 Å². The highest BCUT2D eigenvalue weighted by atomic mass is 19.2. The minimum Gasteiger partial charge on any atom is -0.353 e. The Morgan fingerprint density at radius 3 is 2.56 bits per heavy atom. The van der Waals surface area contributed by atoms with Crippen LogP contribution in [0, 0.1) is 17.5 Å². The van der Waals surface area contributed by atoms with E-state index in [2.05, 4.69) is 0 Å². The molecule has 27 heavy (non-hydrogen) atoms. The Hall–Kier alpha value is -2.11. The number of ether oxygens (including phenoxy) is 2. The van der Waals surface area contributed by atoms with E-state index < -0.39 is 17.5 Å². The number of benzene rings is 2. The van der Waals surface area contributed by atoms with Gasteiger partial charge in [-0.2, -0.15) is 0 Å². The van der Waals surface area contributed by atoms with Crippen LogP contribution >= 0.6 is 0 Å². The first-order chi connectivity index (χ1) is 13.0. The van der Waals surface area contributed by atoms with E-state index in [-0.39, 0.29) is 29.9 Å². The van der Waals surface area contributed by atoms with Crippen LogP contribution in [-0.4, -0.2) is 19.5 Å². The fourth-order valence-corrected chi connectivity index (χ4v) is 3.40. The van der Waals surface area contributed by atoms with Gasteiger partial charge < -0.3 is 9.47 Å². The van der Waals surface area contributed by atoms with Crippen LogP contribution in [-0.2, 0) is 9.47 Å². The molecule has 3 rings (SSSR count). The van der Waals surface area contributed by atoms with Crippen molar-refractivity contribution >= 4 is 6.08 Å². The third-order valence-corrected chi connectivity index (χ3v) is 4.80. The molecule has 5 heteroatoms. The summed E-state index contributed by atoms with van der Waals surface area (Å²) in [5.41, 5.74) is 1.05. The van der Waals surface area contributed by atoms with Gasteiger partial charge in [-0.25, -0.2) is 13.2 Å². The van der Waals surface area contributed by atoms with E-state index in [4.69, 9.17) is 9.47 Å². The second kappa shape index (κ2) is 8.72. The first-order valence-corrected chi connectivity index (χ1v) is 9.18. The monoisotopic (exact) mass is 376 g/mol. The summed E-state index contributed by atoms with van der Waals surface area (Å²) < 4.78 is 54.5. The van der Waals surface area contributed by atoms with Gasteiger partial charge in [0.05, 0.1) is 6.61 Å². The lowest BCUT2D eigenvalue weighted by Gasteiger charge is -2.29. The number of hydrogen-bond donors (Lipinski definition) is 0. The molecule has 0 spiro atoms. The minimum atomic E-state index is -0.961. The lowest BCUT2D eigenvalue weighted by Crippen LogP contribution is -2.27. The molecule has 0 bridgehead atoms. The Balaban J connectivity index is 1.85. The SMILES string of the molecule is C/C=C/c1ccc(-c2ccc(C3CCC(OCC)OC3)c(F)c2F)cc1F. The summed E-state index contributed by atoms with van der Waals surface area (Å²) >= 11 is 0. The van der Waals surface area contributed by atoms with Crippen molar-refractivity contribution in [3.05, 3.63) is 65.0 Å². The third kappa shape index (κ3) is 4.25. The van der Waals surface area contributed by atoms with Crippen molar-refractivity contribution in [1.82, 2.24) is 0 Å². The topological polar surface area (TPSA) is 18.5 Å². The third-order valence-electron chi connectivity index (χ3n) is 4.80. The summed E-state index contributed by atoms with van der Waals surface area (Å²) in [6, 6.07) is 7.45. The fraction of sp³-hybridized carbons (Fsp3) is 0.364. The zero-order valence-electron chi connectivity index (χ0n) is 15.5. The highest BCUT2D eigenvalue weighted by Gasteiger charge is 2.27. The van der Waals surface area contributed by atoms with Gasteiger partial charge in [0.2, 0.25) is 0 Å². The number of allylic oxidation sites excluding steroid dienone is 1. The van der Waals surface area contributed by atoms with Crippen molar-refractivity contribution in [1.29, 1.82) is 0 Å². The van der Waals surface area contributed by atoms with Crippen LogP contribution in [0.4, 0.5) is 13.2 Å². The van der Waals surface area contributed by atoms with Gasteiger partial charge in [-0.15, -0.1) is 0 Å². The molecule has 144 valence electrons. The summed E-state index contributed by atoms with van der Waals surface area (Å²) in [6.45, 7) is 4.51. The molecular weight excluding hydrogens is 353 g/mol. The Kier molecular flexibility index (Phi) is 6.34. The van der Waals surface area contributed by atoms with Crippen molar-refractivity contribution in [2.75, 3.05) is 13.2 Å². The summed E-state index contributed by atoms with van der Waals surface area (Å²) in [5.74, 6) is -2.55. The van der Waals surface area contributed by atoms with Crippen LogP contribution in [0.3, 0.4) is 0 Å². The second-order valence-corrected chi connectivity index (χ2v) is 6.56. The van der Waals surface area contributed by atoms with Crippen LogP contribution in [0.15, 0.2) is 36.4 Å². The summed E-state index contributed by atoms with van der Waals surface area (Å²) in [5, 5.41) is 0. The maximum absolute atomic E-state index is 14.7. The second-order valence-electron chi connectivity index (χ2n) is 6.56. The Bertz CT molecular complexity index is 825. The number of rotatable bonds is 5. The van der Waals surface area contributed by atoms with Crippen LogP contribution in [0.25, 0.3) is 17.2 Å². The number of hydrogen-bond acceptors (Lipinski definition) is 2. The summed E-state index contributed by atoms with van der Waals surface area (Å²) in [6.07, 6.45) is 4.36. The van der Waals surface area contributed by atoms with E-state index in [0.717, 1.165) is 0 Å². The van der Waals surface area contributed by atoms with Crippen LogP contribution in [0.1, 0.15) is 43.7 Å². The summed E-state index contributed by atoms with van der Waals surface area (Å²) in [4.78, 5) is 0. The molecule has 1 aliphatic rings. The molecule has 2 aromatic rings. The van der Waals surface area contributed by atoms with E-state index in [1.165, 1.54) is 12.1 Å². The van der Waals surface area contributed by atoms with E-state index in [1.807, 2.05) is 6.92 Å². The molecule has 2 unspecified atom stereocenters. The highest BCUT2D eigenvalue weighted by Crippen LogP contribution is 2.34. The first-order valence-electron chi connectivity index (χ1n) is 9.18. The Morgan fingerprint density at radius 2 is 1.93 bits per heavy atom. The van der Waals surface area contributed by atoms with Crippen molar-refractivity contribution in [2.45, 2.75) is 38.9 Å². The number of halogens is 3. The molecule has 1 fully saturated rings. The van der Waals surface area contributed by atoms with Gasteiger partial charge in [-0.1, -0.05) is 36.4 Å². The molecule has 0 N–H and O–H groups in total. The molecule has 1 heterocycles. The van der Waals surface area contributed by atoms with E-state index >= 15 is 0 Å². The smallest absolute Gasteiger partial charge is 0.166 e. The van der Waals surface area contributed by atoms with E-state index in [1.54, 1.807) is 37.3 Å². The Morgan fingerprint density at radius 1 is 1.11 bits per heavy atom. The predicted molar refractivity (Wildman–Crippen MR) is 99.8 cm³/mol. The maximum atomic E-state index is 14.7.